The quantitative estimate of drug-likeness (QED) is 0.843. The van der Waals surface area contributed by atoms with Crippen LogP contribution in [0.15, 0.2) is 6.20 Å². The predicted molar refractivity (Wildman–Crippen MR) is 78.1 cm³/mol. The Morgan fingerprint density at radius 1 is 1.11 bits per heavy atom. The summed E-state index contributed by atoms with van der Waals surface area (Å²) in [6, 6.07) is 0. The van der Waals surface area contributed by atoms with Crippen LogP contribution in [-0.4, -0.2) is 23.1 Å². The van der Waals surface area contributed by atoms with Crippen LogP contribution in [0.4, 0.5) is 11.8 Å². The Hall–Kier alpha value is -1.32. The standard InChI is InChI=1S/C15H24N4/c1-12-11-17-14(16)18-13(12)19-9-7-15(8-10-19)5-3-2-4-6-15/h11H,2-10H2,1H3,(H2,16,17,18). The Morgan fingerprint density at radius 3 is 2.47 bits per heavy atom. The van der Waals surface area contributed by atoms with Gasteiger partial charge < -0.3 is 10.6 Å². The minimum atomic E-state index is 0.388. The molecule has 0 aromatic carbocycles. The molecule has 0 amide bonds. The highest BCUT2D eigenvalue weighted by Crippen LogP contribution is 2.45. The molecule has 0 atom stereocenters. The first kappa shape index (κ1) is 12.7. The normalized spacial score (nSPS) is 22.7. The number of aryl methyl sites for hydroxylation is 1. The first-order valence-corrected chi connectivity index (χ1v) is 7.53. The van der Waals surface area contributed by atoms with E-state index in [2.05, 4.69) is 21.8 Å². The van der Waals surface area contributed by atoms with Gasteiger partial charge in [0.05, 0.1) is 0 Å². The van der Waals surface area contributed by atoms with E-state index in [4.69, 9.17) is 5.73 Å². The van der Waals surface area contributed by atoms with Gasteiger partial charge in [0.15, 0.2) is 0 Å². The van der Waals surface area contributed by atoms with Crippen LogP contribution >= 0.6 is 0 Å². The molecule has 1 saturated carbocycles. The summed E-state index contributed by atoms with van der Waals surface area (Å²) in [6.07, 6.45) is 11.6. The van der Waals surface area contributed by atoms with Crippen LogP contribution < -0.4 is 10.6 Å². The van der Waals surface area contributed by atoms with Gasteiger partial charge in [-0.15, -0.1) is 0 Å². The van der Waals surface area contributed by atoms with Gasteiger partial charge in [-0.3, -0.25) is 0 Å². The second kappa shape index (κ2) is 4.99. The van der Waals surface area contributed by atoms with Crippen molar-refractivity contribution in [3.63, 3.8) is 0 Å². The Labute approximate surface area is 115 Å². The molecule has 2 aliphatic rings. The molecule has 1 saturated heterocycles. The zero-order valence-corrected chi connectivity index (χ0v) is 11.9. The largest absolute Gasteiger partial charge is 0.368 e. The van der Waals surface area contributed by atoms with Crippen LogP contribution in [0.5, 0.6) is 0 Å². The van der Waals surface area contributed by atoms with E-state index in [1.54, 1.807) is 0 Å². The van der Waals surface area contributed by atoms with Crippen LogP contribution in [0, 0.1) is 12.3 Å². The summed E-state index contributed by atoms with van der Waals surface area (Å²) in [4.78, 5) is 10.9. The molecule has 2 fully saturated rings. The molecule has 0 radical (unpaired) electrons. The van der Waals surface area contributed by atoms with Gasteiger partial charge in [-0.25, -0.2) is 4.98 Å². The lowest BCUT2D eigenvalue weighted by Crippen LogP contribution is -2.41. The minimum absolute atomic E-state index is 0.388. The second-order valence-corrected chi connectivity index (χ2v) is 6.28. The molecule has 0 bridgehead atoms. The Bertz CT molecular complexity index is 441. The third-order valence-electron chi connectivity index (χ3n) is 5.00. The van der Waals surface area contributed by atoms with Gasteiger partial charge in [-0.1, -0.05) is 19.3 Å². The van der Waals surface area contributed by atoms with E-state index in [9.17, 15) is 0 Å². The summed E-state index contributed by atoms with van der Waals surface area (Å²) in [5.74, 6) is 1.43. The molecule has 1 aromatic heterocycles. The third kappa shape index (κ3) is 2.53. The zero-order valence-electron chi connectivity index (χ0n) is 11.9. The highest BCUT2D eigenvalue weighted by Gasteiger charge is 2.36. The van der Waals surface area contributed by atoms with Crippen LogP contribution in [0.25, 0.3) is 0 Å². The van der Waals surface area contributed by atoms with Gasteiger partial charge in [0, 0.05) is 24.8 Å². The lowest BCUT2D eigenvalue weighted by atomic mass is 9.68. The maximum atomic E-state index is 5.72. The van der Waals surface area contributed by atoms with Gasteiger partial charge >= 0.3 is 0 Å². The molecule has 1 spiro atoms. The highest BCUT2D eigenvalue weighted by atomic mass is 15.2. The predicted octanol–water partition coefficient (Wildman–Crippen LogP) is 2.92. The van der Waals surface area contributed by atoms with Gasteiger partial charge in [0.1, 0.15) is 5.82 Å². The molecular weight excluding hydrogens is 236 g/mol. The number of nitrogens with two attached hydrogens (primary N) is 1. The van der Waals surface area contributed by atoms with E-state index in [-0.39, 0.29) is 0 Å². The Kier molecular flexibility index (Phi) is 3.33. The lowest BCUT2D eigenvalue weighted by molar-refractivity contribution is 0.144. The molecule has 0 unspecified atom stereocenters. The van der Waals surface area contributed by atoms with Gasteiger partial charge in [-0.05, 0) is 38.0 Å². The first-order chi connectivity index (χ1) is 9.19. The van der Waals surface area contributed by atoms with Gasteiger partial charge in [0.25, 0.3) is 0 Å². The fraction of sp³-hybridized carbons (Fsp3) is 0.733. The molecule has 104 valence electrons. The molecular formula is C15H24N4. The van der Waals surface area contributed by atoms with Crippen molar-refractivity contribution in [2.75, 3.05) is 23.7 Å². The first-order valence-electron chi connectivity index (χ1n) is 7.53. The van der Waals surface area contributed by atoms with Crippen LogP contribution in [0.2, 0.25) is 0 Å². The molecule has 2 heterocycles. The fourth-order valence-corrected chi connectivity index (χ4v) is 3.76. The monoisotopic (exact) mass is 260 g/mol. The summed E-state index contributed by atoms with van der Waals surface area (Å²) < 4.78 is 0. The van der Waals surface area contributed by atoms with Crippen molar-refractivity contribution in [3.05, 3.63) is 11.8 Å². The fourth-order valence-electron chi connectivity index (χ4n) is 3.76. The van der Waals surface area contributed by atoms with Crippen molar-refractivity contribution < 1.29 is 0 Å². The number of hydrogen-bond donors (Lipinski definition) is 1. The number of anilines is 2. The molecule has 1 aliphatic carbocycles. The molecule has 3 rings (SSSR count). The Balaban J connectivity index is 1.71. The van der Waals surface area contributed by atoms with Gasteiger partial charge in [0.2, 0.25) is 5.95 Å². The van der Waals surface area contributed by atoms with Gasteiger partial charge in [-0.2, -0.15) is 4.98 Å². The lowest BCUT2D eigenvalue weighted by Gasteiger charge is -2.44. The summed E-state index contributed by atoms with van der Waals surface area (Å²) >= 11 is 0. The zero-order chi connectivity index (χ0) is 13.3. The highest BCUT2D eigenvalue weighted by molar-refractivity contribution is 5.48. The minimum Gasteiger partial charge on any atom is -0.368 e. The number of aromatic nitrogens is 2. The van der Waals surface area contributed by atoms with Crippen molar-refractivity contribution in [2.45, 2.75) is 51.9 Å². The topological polar surface area (TPSA) is 55.0 Å². The SMILES string of the molecule is Cc1cnc(N)nc1N1CCC2(CCCCC2)CC1. The summed E-state index contributed by atoms with van der Waals surface area (Å²) in [7, 11) is 0. The third-order valence-corrected chi connectivity index (χ3v) is 5.00. The molecule has 1 aliphatic heterocycles. The molecule has 19 heavy (non-hydrogen) atoms. The maximum absolute atomic E-state index is 5.72. The Morgan fingerprint density at radius 2 is 1.79 bits per heavy atom. The number of piperidine rings is 1. The second-order valence-electron chi connectivity index (χ2n) is 6.28. The summed E-state index contributed by atoms with van der Waals surface area (Å²) in [5.41, 5.74) is 7.49. The van der Waals surface area contributed by atoms with Crippen molar-refractivity contribution in [1.29, 1.82) is 0 Å². The van der Waals surface area contributed by atoms with E-state index >= 15 is 0 Å². The van der Waals surface area contributed by atoms with Crippen LogP contribution in [-0.2, 0) is 0 Å². The molecule has 2 N–H and O–H groups in total. The number of hydrogen-bond acceptors (Lipinski definition) is 4. The number of nitrogens with zero attached hydrogens (tertiary/aromatic N) is 3. The van der Waals surface area contributed by atoms with Crippen LogP contribution in [0.3, 0.4) is 0 Å². The summed E-state index contributed by atoms with van der Waals surface area (Å²) in [5, 5.41) is 0. The number of rotatable bonds is 1. The van der Waals surface area contributed by atoms with Crippen LogP contribution in [0.1, 0.15) is 50.5 Å². The average molecular weight is 260 g/mol. The van der Waals surface area contributed by atoms with E-state index in [1.807, 2.05) is 6.20 Å². The molecule has 1 aromatic rings. The maximum Gasteiger partial charge on any atom is 0.221 e. The van der Waals surface area contributed by atoms with Crippen molar-refractivity contribution in [2.24, 2.45) is 5.41 Å². The van der Waals surface area contributed by atoms with E-state index in [0.717, 1.165) is 24.5 Å². The molecule has 4 nitrogen and oxygen atoms in total. The van der Waals surface area contributed by atoms with Crippen molar-refractivity contribution >= 4 is 11.8 Å². The van der Waals surface area contributed by atoms with Crippen molar-refractivity contribution in [3.8, 4) is 0 Å². The average Bonchev–Trinajstić information content (AvgIpc) is 2.44. The van der Waals surface area contributed by atoms with E-state index in [0.29, 0.717) is 11.4 Å². The summed E-state index contributed by atoms with van der Waals surface area (Å²) in [6.45, 7) is 4.31. The molecule has 4 heteroatoms. The van der Waals surface area contributed by atoms with E-state index in [1.165, 1.54) is 44.9 Å². The smallest absolute Gasteiger partial charge is 0.221 e. The number of nitrogen functional groups attached to an aromatic ring is 1. The van der Waals surface area contributed by atoms with Crippen molar-refractivity contribution in [1.82, 2.24) is 9.97 Å². The van der Waals surface area contributed by atoms with E-state index < -0.39 is 0 Å².